The van der Waals surface area contributed by atoms with Gasteiger partial charge in [-0.3, -0.25) is 14.9 Å². The van der Waals surface area contributed by atoms with Crippen molar-refractivity contribution < 1.29 is 14.5 Å². The molecule has 1 N–H and O–H groups in total. The number of amides is 1. The number of ether oxygens (including phenoxy) is 1. The number of nitrogens with one attached hydrogen (secondary N) is 1. The topological polar surface area (TPSA) is 81.5 Å². The van der Waals surface area contributed by atoms with Gasteiger partial charge in [0, 0.05) is 12.1 Å². The molecule has 6 nitrogen and oxygen atoms in total. The van der Waals surface area contributed by atoms with Crippen LogP contribution < -0.4 is 10.1 Å². The number of nitrogens with zero attached hydrogens (tertiary/aromatic N) is 1. The van der Waals surface area contributed by atoms with Crippen molar-refractivity contribution in [3.63, 3.8) is 0 Å². The van der Waals surface area contributed by atoms with E-state index in [-0.39, 0.29) is 11.6 Å². The summed E-state index contributed by atoms with van der Waals surface area (Å²) in [6, 6.07) is 11.8. The van der Waals surface area contributed by atoms with Crippen LogP contribution in [0.5, 0.6) is 5.75 Å². The van der Waals surface area contributed by atoms with Gasteiger partial charge in [-0.25, -0.2) is 0 Å². The van der Waals surface area contributed by atoms with E-state index in [0.717, 1.165) is 11.3 Å². The summed E-state index contributed by atoms with van der Waals surface area (Å²) in [6.07, 6.45) is 3.03. The van der Waals surface area contributed by atoms with E-state index in [1.807, 2.05) is 12.1 Å². The van der Waals surface area contributed by atoms with Crippen molar-refractivity contribution >= 4 is 23.4 Å². The molecule has 0 unspecified atom stereocenters. The lowest BCUT2D eigenvalue weighted by Gasteiger charge is -2.06. The van der Waals surface area contributed by atoms with Crippen LogP contribution in [0.2, 0.25) is 0 Å². The largest absolute Gasteiger partial charge is 0.497 e. The molecule has 0 saturated carbocycles. The maximum atomic E-state index is 11.9. The van der Waals surface area contributed by atoms with Crippen molar-refractivity contribution in [3.8, 4) is 5.75 Å². The molecule has 2 rings (SSSR count). The lowest BCUT2D eigenvalue weighted by atomic mass is 10.1. The summed E-state index contributed by atoms with van der Waals surface area (Å²) in [6.45, 7) is 1.60. The lowest BCUT2D eigenvalue weighted by molar-refractivity contribution is -0.385. The lowest BCUT2D eigenvalue weighted by Crippen LogP contribution is -2.09. The second kappa shape index (κ2) is 7.22. The van der Waals surface area contributed by atoms with Gasteiger partial charge < -0.3 is 10.1 Å². The second-order valence-electron chi connectivity index (χ2n) is 4.80. The number of anilines is 1. The van der Waals surface area contributed by atoms with Crippen LogP contribution in [0, 0.1) is 17.0 Å². The van der Waals surface area contributed by atoms with E-state index in [0.29, 0.717) is 11.3 Å². The summed E-state index contributed by atoms with van der Waals surface area (Å²) in [5.41, 5.74) is 1.66. The average molecular weight is 312 g/mol. The smallest absolute Gasteiger partial charge is 0.274 e. The van der Waals surface area contributed by atoms with Gasteiger partial charge in [-0.05, 0) is 36.8 Å². The van der Waals surface area contributed by atoms with Crippen LogP contribution in [-0.2, 0) is 4.79 Å². The Morgan fingerprint density at radius 3 is 2.52 bits per heavy atom. The first-order chi connectivity index (χ1) is 11.0. The zero-order valence-electron chi connectivity index (χ0n) is 12.8. The maximum Gasteiger partial charge on any atom is 0.274 e. The normalized spacial score (nSPS) is 10.5. The minimum absolute atomic E-state index is 0.0260. The summed E-state index contributed by atoms with van der Waals surface area (Å²) in [7, 11) is 1.58. The molecule has 1 amide bonds. The average Bonchev–Trinajstić information content (AvgIpc) is 2.55. The highest BCUT2D eigenvalue weighted by molar-refractivity contribution is 6.02. The number of rotatable bonds is 5. The minimum atomic E-state index is -0.474. The van der Waals surface area contributed by atoms with Crippen LogP contribution in [0.4, 0.5) is 11.4 Å². The van der Waals surface area contributed by atoms with Gasteiger partial charge in [0.05, 0.1) is 23.3 Å². The van der Waals surface area contributed by atoms with E-state index >= 15 is 0 Å². The molecule has 0 aliphatic heterocycles. The number of carbonyl (C=O) groups is 1. The van der Waals surface area contributed by atoms with Gasteiger partial charge >= 0.3 is 0 Å². The number of hydrogen-bond donors (Lipinski definition) is 1. The summed E-state index contributed by atoms with van der Waals surface area (Å²) in [5, 5.41) is 13.5. The molecule has 0 spiro atoms. The van der Waals surface area contributed by atoms with E-state index in [4.69, 9.17) is 4.74 Å². The zero-order valence-corrected chi connectivity index (χ0v) is 12.8. The van der Waals surface area contributed by atoms with Crippen LogP contribution >= 0.6 is 0 Å². The van der Waals surface area contributed by atoms with Crippen molar-refractivity contribution in [2.24, 2.45) is 0 Å². The highest BCUT2D eigenvalue weighted by atomic mass is 16.6. The minimum Gasteiger partial charge on any atom is -0.497 e. The quantitative estimate of drug-likeness (QED) is 0.520. The molecule has 0 heterocycles. The van der Waals surface area contributed by atoms with Gasteiger partial charge in [-0.15, -0.1) is 0 Å². The summed E-state index contributed by atoms with van der Waals surface area (Å²) in [5.74, 6) is 0.378. The Hall–Kier alpha value is -3.15. The highest BCUT2D eigenvalue weighted by Crippen LogP contribution is 2.25. The fourth-order valence-electron chi connectivity index (χ4n) is 2.02. The first-order valence-electron chi connectivity index (χ1n) is 6.88. The second-order valence-corrected chi connectivity index (χ2v) is 4.80. The van der Waals surface area contributed by atoms with E-state index < -0.39 is 4.92 Å². The maximum absolute atomic E-state index is 11.9. The van der Waals surface area contributed by atoms with Crippen LogP contribution in [0.3, 0.4) is 0 Å². The van der Waals surface area contributed by atoms with Crippen molar-refractivity contribution in [2.75, 3.05) is 12.4 Å². The molecule has 0 aliphatic carbocycles. The molecular formula is C17H16N2O4. The van der Waals surface area contributed by atoms with Gasteiger partial charge in [-0.2, -0.15) is 0 Å². The molecule has 0 radical (unpaired) electrons. The molecule has 0 bridgehead atoms. The molecule has 0 fully saturated rings. The molecule has 6 heteroatoms. The molecule has 118 valence electrons. The number of benzene rings is 2. The van der Waals surface area contributed by atoms with Crippen LogP contribution in [0.25, 0.3) is 6.08 Å². The number of hydrogen-bond acceptors (Lipinski definition) is 4. The SMILES string of the molecule is COc1ccc(C=CC(=O)Nc2cccc([N+](=O)[O-])c2C)cc1. The van der Waals surface area contributed by atoms with Gasteiger partial charge in [0.2, 0.25) is 5.91 Å². The van der Waals surface area contributed by atoms with Crippen molar-refractivity contribution in [1.29, 1.82) is 0 Å². The third kappa shape index (κ3) is 4.16. The number of nitro benzene ring substituents is 1. The first-order valence-corrected chi connectivity index (χ1v) is 6.88. The Labute approximate surface area is 133 Å². The van der Waals surface area contributed by atoms with Gasteiger partial charge in [-0.1, -0.05) is 18.2 Å². The Bertz CT molecular complexity index is 752. The predicted octanol–water partition coefficient (Wildman–Crippen LogP) is 3.56. The predicted molar refractivity (Wildman–Crippen MR) is 88.5 cm³/mol. The van der Waals surface area contributed by atoms with E-state index in [2.05, 4.69) is 5.32 Å². The monoisotopic (exact) mass is 312 g/mol. The third-order valence-corrected chi connectivity index (χ3v) is 3.30. The van der Waals surface area contributed by atoms with Crippen LogP contribution in [-0.4, -0.2) is 17.9 Å². The summed E-state index contributed by atoms with van der Waals surface area (Å²) in [4.78, 5) is 22.4. The molecule has 0 aliphatic rings. The van der Waals surface area contributed by atoms with E-state index in [1.165, 1.54) is 18.2 Å². The highest BCUT2D eigenvalue weighted by Gasteiger charge is 2.13. The Balaban J connectivity index is 2.08. The van der Waals surface area contributed by atoms with E-state index in [1.54, 1.807) is 38.3 Å². The molecule has 23 heavy (non-hydrogen) atoms. The van der Waals surface area contributed by atoms with Gasteiger partial charge in [0.25, 0.3) is 5.69 Å². The Morgan fingerprint density at radius 2 is 1.91 bits per heavy atom. The molecule has 0 saturated heterocycles. The summed E-state index contributed by atoms with van der Waals surface area (Å²) >= 11 is 0. The molecular weight excluding hydrogens is 296 g/mol. The van der Waals surface area contributed by atoms with E-state index in [9.17, 15) is 14.9 Å². The number of nitro groups is 1. The molecule has 2 aromatic carbocycles. The first kappa shape index (κ1) is 16.2. The van der Waals surface area contributed by atoms with Crippen molar-refractivity contribution in [3.05, 3.63) is 69.8 Å². The fraction of sp³-hybridized carbons (Fsp3) is 0.118. The Kier molecular flexibility index (Phi) is 5.09. The van der Waals surface area contributed by atoms with Gasteiger partial charge in [0.1, 0.15) is 5.75 Å². The Morgan fingerprint density at radius 1 is 1.22 bits per heavy atom. The third-order valence-electron chi connectivity index (χ3n) is 3.30. The zero-order chi connectivity index (χ0) is 16.8. The molecule has 0 atom stereocenters. The standard InChI is InChI=1S/C17H16N2O4/c1-12-15(4-3-5-16(12)19(21)22)18-17(20)11-8-13-6-9-14(23-2)10-7-13/h3-11H,1-2H3,(H,18,20). The van der Waals surface area contributed by atoms with Crippen LogP contribution in [0.15, 0.2) is 48.5 Å². The van der Waals surface area contributed by atoms with Crippen molar-refractivity contribution in [2.45, 2.75) is 6.92 Å². The summed E-state index contributed by atoms with van der Waals surface area (Å²) < 4.78 is 5.06. The van der Waals surface area contributed by atoms with Crippen LogP contribution in [0.1, 0.15) is 11.1 Å². The number of carbonyl (C=O) groups excluding carboxylic acids is 1. The molecule has 2 aromatic rings. The number of methoxy groups -OCH3 is 1. The fourth-order valence-corrected chi connectivity index (χ4v) is 2.02. The van der Waals surface area contributed by atoms with Gasteiger partial charge in [0.15, 0.2) is 0 Å². The van der Waals surface area contributed by atoms with Crippen molar-refractivity contribution in [1.82, 2.24) is 0 Å². The molecule has 0 aromatic heterocycles.